The molecule has 4 N–H and O–H groups in total. The fraction of sp³-hybridized carbons (Fsp3) is 0.556. The summed E-state index contributed by atoms with van der Waals surface area (Å²) < 4.78 is 3.89. The monoisotopic (exact) mass is 226 g/mol. The van der Waals surface area contributed by atoms with Crippen LogP contribution < -0.4 is 11.1 Å². The minimum atomic E-state index is -0.284. The zero-order chi connectivity index (χ0) is 11.3. The van der Waals surface area contributed by atoms with E-state index in [0.717, 1.165) is 12.8 Å². The minimum Gasteiger partial charge on any atom is -0.393 e. The second-order valence-electron chi connectivity index (χ2n) is 3.30. The quantitative estimate of drug-likeness (QED) is 0.655. The molecule has 0 saturated heterocycles. The maximum atomic E-state index is 9.04. The summed E-state index contributed by atoms with van der Waals surface area (Å²) in [5.74, 6) is 0.278. The first-order chi connectivity index (χ1) is 7.15. The molecular formula is C9H14N4OS. The van der Waals surface area contributed by atoms with Crippen molar-refractivity contribution in [3.8, 4) is 6.07 Å². The van der Waals surface area contributed by atoms with Crippen molar-refractivity contribution in [2.45, 2.75) is 25.9 Å². The number of hydrogen-bond donors (Lipinski definition) is 3. The van der Waals surface area contributed by atoms with Crippen molar-refractivity contribution < 1.29 is 5.11 Å². The van der Waals surface area contributed by atoms with Crippen molar-refractivity contribution in [1.82, 2.24) is 4.37 Å². The fourth-order valence-electron chi connectivity index (χ4n) is 1.13. The van der Waals surface area contributed by atoms with Gasteiger partial charge in [-0.25, -0.2) is 0 Å². The molecular weight excluding hydrogens is 212 g/mol. The van der Waals surface area contributed by atoms with E-state index in [9.17, 15) is 0 Å². The van der Waals surface area contributed by atoms with Gasteiger partial charge in [-0.05, 0) is 31.3 Å². The van der Waals surface area contributed by atoms with Crippen LogP contribution in [0.2, 0.25) is 0 Å². The van der Waals surface area contributed by atoms with E-state index >= 15 is 0 Å². The maximum Gasteiger partial charge on any atom is 0.157 e. The highest BCUT2D eigenvalue weighted by atomic mass is 32.1. The Morgan fingerprint density at radius 3 is 3.07 bits per heavy atom. The average Bonchev–Trinajstić information content (AvgIpc) is 2.53. The van der Waals surface area contributed by atoms with Crippen molar-refractivity contribution in [2.24, 2.45) is 0 Å². The molecule has 0 spiro atoms. The van der Waals surface area contributed by atoms with Crippen LogP contribution in [0, 0.1) is 11.3 Å². The number of rotatable bonds is 5. The van der Waals surface area contributed by atoms with Gasteiger partial charge in [-0.2, -0.15) is 9.64 Å². The number of nitrogens with zero attached hydrogens (tertiary/aromatic N) is 2. The Labute approximate surface area is 92.7 Å². The molecule has 0 fully saturated rings. The lowest BCUT2D eigenvalue weighted by atomic mass is 10.2. The second-order valence-corrected chi connectivity index (χ2v) is 4.08. The van der Waals surface area contributed by atoms with Gasteiger partial charge in [-0.1, -0.05) is 0 Å². The summed E-state index contributed by atoms with van der Waals surface area (Å²) in [4.78, 5) is 0. The largest absolute Gasteiger partial charge is 0.393 e. The number of aromatic nitrogens is 1. The summed E-state index contributed by atoms with van der Waals surface area (Å²) >= 11 is 1.19. The Hall–Kier alpha value is -1.32. The van der Waals surface area contributed by atoms with Gasteiger partial charge < -0.3 is 16.2 Å². The van der Waals surface area contributed by atoms with Crippen LogP contribution in [0.15, 0.2) is 0 Å². The van der Waals surface area contributed by atoms with E-state index in [1.165, 1.54) is 11.5 Å². The molecule has 0 saturated carbocycles. The molecule has 5 nitrogen and oxygen atoms in total. The van der Waals surface area contributed by atoms with Crippen molar-refractivity contribution in [3.05, 3.63) is 5.56 Å². The number of aliphatic hydroxyl groups excluding tert-OH is 1. The summed E-state index contributed by atoms with van der Waals surface area (Å²) in [5, 5.41) is 21.6. The average molecular weight is 226 g/mol. The predicted octanol–water partition coefficient (Wildman–Crippen LogP) is 1.17. The third-order valence-electron chi connectivity index (χ3n) is 1.91. The van der Waals surface area contributed by atoms with Gasteiger partial charge in [0.2, 0.25) is 0 Å². The SMILES string of the molecule is CC(O)CCCNc1snc(N)c1C#N. The van der Waals surface area contributed by atoms with E-state index in [4.69, 9.17) is 16.1 Å². The van der Waals surface area contributed by atoms with E-state index in [2.05, 4.69) is 9.69 Å². The van der Waals surface area contributed by atoms with Crippen LogP contribution in [0.25, 0.3) is 0 Å². The Morgan fingerprint density at radius 2 is 2.47 bits per heavy atom. The zero-order valence-corrected chi connectivity index (χ0v) is 9.34. The van der Waals surface area contributed by atoms with Gasteiger partial charge in [0, 0.05) is 6.54 Å². The Morgan fingerprint density at radius 1 is 1.73 bits per heavy atom. The maximum absolute atomic E-state index is 9.04. The van der Waals surface area contributed by atoms with Crippen LogP contribution in [0.5, 0.6) is 0 Å². The molecule has 0 aliphatic carbocycles. The third-order valence-corrected chi connectivity index (χ3v) is 2.73. The molecule has 82 valence electrons. The molecule has 1 heterocycles. The minimum absolute atomic E-state index is 0.278. The third kappa shape index (κ3) is 3.38. The van der Waals surface area contributed by atoms with Gasteiger partial charge in [-0.15, -0.1) is 0 Å². The van der Waals surface area contributed by atoms with Gasteiger partial charge in [0.15, 0.2) is 5.82 Å². The van der Waals surface area contributed by atoms with Gasteiger partial charge >= 0.3 is 0 Å². The molecule has 6 heteroatoms. The van der Waals surface area contributed by atoms with Crippen molar-refractivity contribution in [2.75, 3.05) is 17.6 Å². The number of nitrogens with two attached hydrogens (primary N) is 1. The number of aliphatic hydroxyl groups is 1. The highest BCUT2D eigenvalue weighted by Gasteiger charge is 2.09. The van der Waals surface area contributed by atoms with Crippen LogP contribution >= 0.6 is 11.5 Å². The molecule has 1 aromatic heterocycles. The van der Waals surface area contributed by atoms with E-state index in [1.54, 1.807) is 6.92 Å². The van der Waals surface area contributed by atoms with Crippen molar-refractivity contribution in [1.29, 1.82) is 5.26 Å². The molecule has 1 unspecified atom stereocenters. The lowest BCUT2D eigenvalue weighted by Crippen LogP contribution is -2.06. The summed E-state index contributed by atoms with van der Waals surface area (Å²) in [7, 11) is 0. The summed E-state index contributed by atoms with van der Waals surface area (Å²) in [5.41, 5.74) is 5.92. The van der Waals surface area contributed by atoms with Gasteiger partial charge in [0.1, 0.15) is 16.6 Å². The zero-order valence-electron chi connectivity index (χ0n) is 8.53. The van der Waals surface area contributed by atoms with E-state index in [1.807, 2.05) is 6.07 Å². The molecule has 0 bridgehead atoms. The van der Waals surface area contributed by atoms with Crippen molar-refractivity contribution >= 4 is 22.4 Å². The molecule has 0 aromatic carbocycles. The molecule has 0 amide bonds. The Balaban J connectivity index is 2.41. The summed E-state index contributed by atoms with van der Waals surface area (Å²) in [6, 6.07) is 2.00. The highest BCUT2D eigenvalue weighted by molar-refractivity contribution is 7.10. The van der Waals surface area contributed by atoms with Crippen LogP contribution in [-0.4, -0.2) is 22.1 Å². The standard InChI is InChI=1S/C9H14N4OS/c1-6(14)3-2-4-12-9-7(5-10)8(11)13-15-9/h6,12,14H,2-4H2,1H3,(H2,11,13). The predicted molar refractivity (Wildman–Crippen MR) is 60.6 cm³/mol. The fourth-order valence-corrected chi connectivity index (χ4v) is 1.82. The number of nitrogens with one attached hydrogen (secondary N) is 1. The number of anilines is 2. The first-order valence-corrected chi connectivity index (χ1v) is 5.49. The van der Waals surface area contributed by atoms with E-state index in [-0.39, 0.29) is 11.9 Å². The topological polar surface area (TPSA) is 95.0 Å². The summed E-state index contributed by atoms with van der Waals surface area (Å²) in [6.45, 7) is 2.46. The smallest absolute Gasteiger partial charge is 0.157 e. The normalized spacial score (nSPS) is 12.1. The van der Waals surface area contributed by atoms with E-state index < -0.39 is 0 Å². The molecule has 1 atom stereocenters. The van der Waals surface area contributed by atoms with Gasteiger partial charge in [0.25, 0.3) is 0 Å². The summed E-state index contributed by atoms with van der Waals surface area (Å²) in [6.07, 6.45) is 1.30. The molecule has 0 radical (unpaired) electrons. The van der Waals surface area contributed by atoms with Crippen LogP contribution in [0.4, 0.5) is 10.8 Å². The molecule has 15 heavy (non-hydrogen) atoms. The van der Waals surface area contributed by atoms with E-state index in [0.29, 0.717) is 17.1 Å². The van der Waals surface area contributed by atoms with Gasteiger partial charge in [0.05, 0.1) is 6.10 Å². The van der Waals surface area contributed by atoms with Crippen LogP contribution in [0.3, 0.4) is 0 Å². The van der Waals surface area contributed by atoms with Gasteiger partial charge in [-0.3, -0.25) is 0 Å². The number of nitriles is 1. The number of nitrogen functional groups attached to an aromatic ring is 1. The molecule has 0 aliphatic rings. The lowest BCUT2D eigenvalue weighted by Gasteiger charge is -2.05. The lowest BCUT2D eigenvalue weighted by molar-refractivity contribution is 0.183. The second kappa shape index (κ2) is 5.53. The first-order valence-electron chi connectivity index (χ1n) is 4.72. The molecule has 0 aliphatic heterocycles. The molecule has 1 aromatic rings. The van der Waals surface area contributed by atoms with Crippen LogP contribution in [-0.2, 0) is 0 Å². The molecule has 1 rings (SSSR count). The Kier molecular flexibility index (Phi) is 4.34. The Bertz CT molecular complexity index is 355. The number of hydrogen-bond acceptors (Lipinski definition) is 6. The van der Waals surface area contributed by atoms with Crippen molar-refractivity contribution in [3.63, 3.8) is 0 Å². The van der Waals surface area contributed by atoms with Crippen LogP contribution in [0.1, 0.15) is 25.3 Å². The first kappa shape index (κ1) is 11.8. The highest BCUT2D eigenvalue weighted by Crippen LogP contribution is 2.25.